The van der Waals surface area contributed by atoms with Gasteiger partial charge in [-0.15, -0.1) is 11.3 Å². The maximum Gasteiger partial charge on any atom is 0.275 e. The van der Waals surface area contributed by atoms with E-state index < -0.39 is 0 Å². The third kappa shape index (κ3) is 5.12. The Kier molecular flexibility index (Phi) is 5.74. The third-order valence-electron chi connectivity index (χ3n) is 4.61. The zero-order chi connectivity index (χ0) is 18.7. The van der Waals surface area contributed by atoms with Crippen LogP contribution in [0.25, 0.3) is 4.96 Å². The van der Waals surface area contributed by atoms with Crippen LogP contribution in [-0.4, -0.2) is 53.6 Å². The van der Waals surface area contributed by atoms with Crippen molar-refractivity contribution in [1.82, 2.24) is 14.7 Å². The van der Waals surface area contributed by atoms with Crippen molar-refractivity contribution in [2.45, 2.75) is 39.3 Å². The second-order valence-corrected chi connectivity index (χ2v) is 9.02. The first-order chi connectivity index (χ1) is 12.3. The number of carbonyl (C=O) groups excluding carboxylic acids is 1. The summed E-state index contributed by atoms with van der Waals surface area (Å²) in [6.07, 6.45) is 2.84. The van der Waals surface area contributed by atoms with Gasteiger partial charge in [0.25, 0.3) is 11.5 Å². The summed E-state index contributed by atoms with van der Waals surface area (Å²) in [5.41, 5.74) is 0.674. The van der Waals surface area contributed by atoms with Gasteiger partial charge in [-0.25, -0.2) is 4.98 Å². The summed E-state index contributed by atoms with van der Waals surface area (Å²) in [6.45, 7) is 11.3. The van der Waals surface area contributed by atoms with E-state index in [1.807, 2.05) is 26.2 Å². The van der Waals surface area contributed by atoms with Crippen LogP contribution in [0.1, 0.15) is 32.9 Å². The predicted molar refractivity (Wildman–Crippen MR) is 102 cm³/mol. The molecule has 3 rings (SSSR count). The van der Waals surface area contributed by atoms with Gasteiger partial charge in [0.15, 0.2) is 11.5 Å². The van der Waals surface area contributed by atoms with Crippen LogP contribution >= 0.6 is 11.3 Å². The molecule has 0 aromatic carbocycles. The van der Waals surface area contributed by atoms with Gasteiger partial charge in [0.2, 0.25) is 0 Å². The fourth-order valence-electron chi connectivity index (χ4n) is 3.47. The Balaban J connectivity index is 1.56. The van der Waals surface area contributed by atoms with Crippen LogP contribution in [0.5, 0.6) is 0 Å². The van der Waals surface area contributed by atoms with E-state index in [0.717, 1.165) is 49.8 Å². The number of thiazole rings is 1. The van der Waals surface area contributed by atoms with E-state index >= 15 is 0 Å². The van der Waals surface area contributed by atoms with E-state index in [9.17, 15) is 9.59 Å². The molecule has 142 valence electrons. The highest BCUT2D eigenvalue weighted by atomic mass is 32.1. The SMILES string of the molecule is CC(C)(C)NC(=O)C[NH+]1CCC[NH+](Cc2cc(=O)n3ccsc3n2)CC1. The lowest BCUT2D eigenvalue weighted by molar-refractivity contribution is -0.943. The Bertz CT molecular complexity index is 823. The lowest BCUT2D eigenvalue weighted by Gasteiger charge is -2.22. The quantitative estimate of drug-likeness (QED) is 0.596. The van der Waals surface area contributed by atoms with Crippen molar-refractivity contribution < 1.29 is 14.6 Å². The van der Waals surface area contributed by atoms with Crippen molar-refractivity contribution in [1.29, 1.82) is 0 Å². The molecule has 0 bridgehead atoms. The van der Waals surface area contributed by atoms with Gasteiger partial charge >= 0.3 is 0 Å². The number of fused-ring (bicyclic) bond motifs is 1. The van der Waals surface area contributed by atoms with Gasteiger partial charge in [-0.3, -0.25) is 14.0 Å². The molecule has 0 saturated carbocycles. The largest absolute Gasteiger partial charge is 0.347 e. The highest BCUT2D eigenvalue weighted by molar-refractivity contribution is 7.15. The first kappa shape index (κ1) is 19.0. The summed E-state index contributed by atoms with van der Waals surface area (Å²) in [7, 11) is 0. The van der Waals surface area contributed by atoms with Crippen molar-refractivity contribution in [2.24, 2.45) is 0 Å². The highest BCUT2D eigenvalue weighted by Crippen LogP contribution is 2.05. The molecule has 1 amide bonds. The molecule has 0 spiro atoms. The monoisotopic (exact) mass is 379 g/mol. The van der Waals surface area contributed by atoms with Gasteiger partial charge in [-0.2, -0.15) is 0 Å². The average Bonchev–Trinajstić information content (AvgIpc) is 2.89. The van der Waals surface area contributed by atoms with Gasteiger partial charge in [0.05, 0.1) is 13.1 Å². The molecule has 26 heavy (non-hydrogen) atoms. The van der Waals surface area contributed by atoms with Crippen molar-refractivity contribution in [3.63, 3.8) is 0 Å². The first-order valence-electron chi connectivity index (χ1n) is 9.24. The van der Waals surface area contributed by atoms with E-state index in [1.54, 1.807) is 16.7 Å². The molecule has 2 unspecified atom stereocenters. The van der Waals surface area contributed by atoms with Crippen LogP contribution in [0.3, 0.4) is 0 Å². The standard InChI is InChI=1S/C18H27N5O2S/c1-18(2,3)20-15(24)13-22-6-4-5-21(7-8-22)12-14-11-16(25)23-9-10-26-17(23)19-14/h9-11H,4-8,12-13H2,1-3H3,(H,20,24)/p+2. The van der Waals surface area contributed by atoms with E-state index in [4.69, 9.17) is 0 Å². The molecule has 1 aliphatic rings. The number of hydrogen-bond donors (Lipinski definition) is 3. The maximum atomic E-state index is 12.2. The minimum atomic E-state index is -0.181. The maximum absolute atomic E-state index is 12.2. The number of aromatic nitrogens is 2. The van der Waals surface area contributed by atoms with Crippen LogP contribution in [-0.2, 0) is 11.3 Å². The predicted octanol–water partition coefficient (Wildman–Crippen LogP) is -1.66. The van der Waals surface area contributed by atoms with Crippen LogP contribution in [0.4, 0.5) is 0 Å². The Labute approximate surface area is 157 Å². The summed E-state index contributed by atoms with van der Waals surface area (Å²) >= 11 is 1.49. The zero-order valence-electron chi connectivity index (χ0n) is 15.8. The van der Waals surface area contributed by atoms with Gasteiger partial charge in [-0.1, -0.05) is 0 Å². The van der Waals surface area contributed by atoms with Crippen molar-refractivity contribution in [2.75, 3.05) is 32.7 Å². The fraction of sp³-hybridized carbons (Fsp3) is 0.611. The summed E-state index contributed by atoms with van der Waals surface area (Å²) in [5, 5.41) is 4.93. The number of carbonyl (C=O) groups is 1. The summed E-state index contributed by atoms with van der Waals surface area (Å²) in [5.74, 6) is 0.119. The summed E-state index contributed by atoms with van der Waals surface area (Å²) in [6, 6.07) is 1.65. The van der Waals surface area contributed by atoms with E-state index in [1.165, 1.54) is 21.1 Å². The van der Waals surface area contributed by atoms with E-state index in [0.29, 0.717) is 6.54 Å². The molecule has 1 saturated heterocycles. The summed E-state index contributed by atoms with van der Waals surface area (Å²) < 4.78 is 1.59. The summed E-state index contributed by atoms with van der Waals surface area (Å²) in [4.78, 5) is 32.4. The lowest BCUT2D eigenvalue weighted by atomic mass is 10.1. The molecule has 3 N–H and O–H groups in total. The molecular formula is C18H29N5O2S+2. The number of hydrogen-bond acceptors (Lipinski definition) is 4. The molecule has 2 aromatic rings. The Morgan fingerprint density at radius 2 is 2.00 bits per heavy atom. The van der Waals surface area contributed by atoms with Gasteiger partial charge < -0.3 is 15.1 Å². The normalized spacial score (nSPS) is 21.5. The van der Waals surface area contributed by atoms with Crippen molar-refractivity contribution in [3.05, 3.63) is 33.7 Å². The van der Waals surface area contributed by atoms with Crippen molar-refractivity contribution >= 4 is 22.2 Å². The first-order valence-corrected chi connectivity index (χ1v) is 10.1. The van der Waals surface area contributed by atoms with Gasteiger partial charge in [-0.05, 0) is 20.8 Å². The molecule has 3 heterocycles. The highest BCUT2D eigenvalue weighted by Gasteiger charge is 2.24. The molecule has 0 aliphatic carbocycles. The Hall–Kier alpha value is -1.77. The molecule has 1 aliphatic heterocycles. The third-order valence-corrected chi connectivity index (χ3v) is 5.36. The topological polar surface area (TPSA) is 72.3 Å². The van der Waals surface area contributed by atoms with Crippen LogP contribution in [0.2, 0.25) is 0 Å². The number of nitrogens with one attached hydrogen (secondary N) is 3. The number of rotatable bonds is 4. The Morgan fingerprint density at radius 3 is 2.77 bits per heavy atom. The van der Waals surface area contributed by atoms with Crippen LogP contribution in [0, 0.1) is 0 Å². The molecule has 2 aromatic heterocycles. The molecule has 0 radical (unpaired) electrons. The van der Waals surface area contributed by atoms with Crippen molar-refractivity contribution in [3.8, 4) is 0 Å². The van der Waals surface area contributed by atoms with Gasteiger partial charge in [0, 0.05) is 29.6 Å². The number of quaternary nitrogens is 2. The van der Waals surface area contributed by atoms with E-state index in [2.05, 4.69) is 10.3 Å². The minimum Gasteiger partial charge on any atom is -0.347 e. The second-order valence-electron chi connectivity index (χ2n) is 8.15. The zero-order valence-corrected chi connectivity index (χ0v) is 16.6. The smallest absolute Gasteiger partial charge is 0.275 e. The molecule has 2 atom stereocenters. The van der Waals surface area contributed by atoms with Gasteiger partial charge in [0.1, 0.15) is 25.3 Å². The molecule has 8 heteroatoms. The minimum absolute atomic E-state index is 0.00780. The van der Waals surface area contributed by atoms with E-state index in [-0.39, 0.29) is 17.0 Å². The molecule has 1 fully saturated rings. The molecular weight excluding hydrogens is 350 g/mol. The van der Waals surface area contributed by atoms with Crippen LogP contribution in [0.15, 0.2) is 22.4 Å². The fourth-order valence-corrected chi connectivity index (χ4v) is 4.21. The lowest BCUT2D eigenvalue weighted by Crippen LogP contribution is -3.17. The second kappa shape index (κ2) is 7.85. The molecule has 7 nitrogen and oxygen atoms in total. The number of nitrogens with zero attached hydrogens (tertiary/aromatic N) is 2. The Morgan fingerprint density at radius 1 is 1.27 bits per heavy atom. The van der Waals surface area contributed by atoms with Crippen LogP contribution < -0.4 is 20.7 Å². The number of amides is 1. The average molecular weight is 380 g/mol.